The van der Waals surface area contributed by atoms with E-state index in [-0.39, 0.29) is 17.2 Å². The van der Waals surface area contributed by atoms with Crippen molar-refractivity contribution in [3.8, 4) is 0 Å². The summed E-state index contributed by atoms with van der Waals surface area (Å²) < 4.78 is 0. The van der Waals surface area contributed by atoms with Gasteiger partial charge < -0.3 is 11.1 Å². The predicted molar refractivity (Wildman–Crippen MR) is 69.5 cm³/mol. The Hall–Kier alpha value is -1.16. The van der Waals surface area contributed by atoms with Gasteiger partial charge in [0, 0.05) is 16.6 Å². The van der Waals surface area contributed by atoms with Crippen LogP contribution in [0.15, 0.2) is 29.2 Å². The molecule has 0 radical (unpaired) electrons. The summed E-state index contributed by atoms with van der Waals surface area (Å²) in [6.07, 6.45) is 0. The van der Waals surface area contributed by atoms with E-state index in [9.17, 15) is 4.79 Å². The second-order valence-electron chi connectivity index (χ2n) is 4.00. The minimum Gasteiger partial charge on any atom is -0.399 e. The monoisotopic (exact) mass is 238 g/mol. The van der Waals surface area contributed by atoms with Crippen LogP contribution in [0.4, 0.5) is 5.69 Å². The number of thioether (sulfide) groups is 1. The summed E-state index contributed by atoms with van der Waals surface area (Å²) in [6.45, 7) is 5.80. The summed E-state index contributed by atoms with van der Waals surface area (Å²) in [4.78, 5) is 12.7. The smallest absolute Gasteiger partial charge is 0.233 e. The molecule has 0 aliphatic heterocycles. The van der Waals surface area contributed by atoms with Gasteiger partial charge in [0.25, 0.3) is 0 Å². The number of anilines is 1. The van der Waals surface area contributed by atoms with Crippen LogP contribution in [0.5, 0.6) is 0 Å². The van der Waals surface area contributed by atoms with Gasteiger partial charge in [-0.3, -0.25) is 4.79 Å². The zero-order valence-corrected chi connectivity index (χ0v) is 10.7. The number of amides is 1. The first-order valence-corrected chi connectivity index (χ1v) is 6.19. The molecule has 0 aliphatic carbocycles. The van der Waals surface area contributed by atoms with Gasteiger partial charge in [0.2, 0.25) is 5.91 Å². The van der Waals surface area contributed by atoms with Gasteiger partial charge in [-0.15, -0.1) is 11.8 Å². The van der Waals surface area contributed by atoms with Crippen LogP contribution >= 0.6 is 11.8 Å². The summed E-state index contributed by atoms with van der Waals surface area (Å²) >= 11 is 1.52. The molecular formula is C12H18N2OS. The van der Waals surface area contributed by atoms with Gasteiger partial charge in [-0.2, -0.15) is 0 Å². The van der Waals surface area contributed by atoms with Crippen molar-refractivity contribution in [1.82, 2.24) is 5.32 Å². The van der Waals surface area contributed by atoms with E-state index in [0.29, 0.717) is 0 Å². The molecule has 0 aromatic heterocycles. The first kappa shape index (κ1) is 12.9. The molecule has 4 heteroatoms. The lowest BCUT2D eigenvalue weighted by atomic mass is 10.3. The highest BCUT2D eigenvalue weighted by atomic mass is 32.2. The predicted octanol–water partition coefficient (Wildman–Crippen LogP) is 2.27. The van der Waals surface area contributed by atoms with Crippen molar-refractivity contribution in [2.45, 2.75) is 37.0 Å². The van der Waals surface area contributed by atoms with Gasteiger partial charge in [-0.25, -0.2) is 0 Å². The van der Waals surface area contributed by atoms with Crippen molar-refractivity contribution in [3.05, 3.63) is 24.3 Å². The van der Waals surface area contributed by atoms with Crippen molar-refractivity contribution in [3.63, 3.8) is 0 Å². The van der Waals surface area contributed by atoms with Crippen LogP contribution < -0.4 is 11.1 Å². The lowest BCUT2D eigenvalue weighted by molar-refractivity contribution is -0.120. The highest BCUT2D eigenvalue weighted by Gasteiger charge is 2.14. The fourth-order valence-electron chi connectivity index (χ4n) is 1.25. The molecule has 0 heterocycles. The fourth-order valence-corrected chi connectivity index (χ4v) is 2.19. The molecule has 1 aromatic rings. The quantitative estimate of drug-likeness (QED) is 0.625. The van der Waals surface area contributed by atoms with Crippen molar-refractivity contribution in [2.75, 3.05) is 5.73 Å². The molecule has 0 bridgehead atoms. The van der Waals surface area contributed by atoms with E-state index in [0.717, 1.165) is 10.6 Å². The van der Waals surface area contributed by atoms with E-state index in [1.165, 1.54) is 11.8 Å². The number of nitrogens with two attached hydrogens (primary N) is 1. The number of carbonyl (C=O) groups is 1. The van der Waals surface area contributed by atoms with Crippen LogP contribution in [0.3, 0.4) is 0 Å². The Morgan fingerprint density at radius 3 is 2.62 bits per heavy atom. The summed E-state index contributed by atoms with van der Waals surface area (Å²) in [7, 11) is 0. The average Bonchev–Trinajstić information content (AvgIpc) is 2.16. The molecule has 3 N–H and O–H groups in total. The Morgan fingerprint density at radius 2 is 2.06 bits per heavy atom. The topological polar surface area (TPSA) is 55.1 Å². The van der Waals surface area contributed by atoms with Crippen LogP contribution in [-0.2, 0) is 4.79 Å². The van der Waals surface area contributed by atoms with Gasteiger partial charge in [0.05, 0.1) is 5.25 Å². The SMILES string of the molecule is CC(C)NC(=O)C(C)Sc1cccc(N)c1. The Morgan fingerprint density at radius 1 is 1.38 bits per heavy atom. The molecule has 3 nitrogen and oxygen atoms in total. The van der Waals surface area contributed by atoms with Gasteiger partial charge in [-0.1, -0.05) is 6.07 Å². The molecule has 0 saturated carbocycles. The maximum Gasteiger partial charge on any atom is 0.233 e. The van der Waals surface area contributed by atoms with Gasteiger partial charge >= 0.3 is 0 Å². The number of nitrogen functional groups attached to an aromatic ring is 1. The minimum atomic E-state index is -0.107. The van der Waals surface area contributed by atoms with E-state index < -0.39 is 0 Å². The molecule has 1 unspecified atom stereocenters. The van der Waals surface area contributed by atoms with Crippen molar-refractivity contribution < 1.29 is 4.79 Å². The van der Waals surface area contributed by atoms with Gasteiger partial charge in [-0.05, 0) is 39.0 Å². The number of benzene rings is 1. The van der Waals surface area contributed by atoms with Gasteiger partial charge in [0.15, 0.2) is 0 Å². The first-order valence-electron chi connectivity index (χ1n) is 5.31. The van der Waals surface area contributed by atoms with Crippen LogP contribution in [0.25, 0.3) is 0 Å². The molecular weight excluding hydrogens is 220 g/mol. The maximum absolute atomic E-state index is 11.7. The Kier molecular flexibility index (Phi) is 4.68. The summed E-state index contributed by atoms with van der Waals surface area (Å²) in [5.41, 5.74) is 6.40. The van der Waals surface area contributed by atoms with Crippen LogP contribution in [-0.4, -0.2) is 17.2 Å². The van der Waals surface area contributed by atoms with Crippen molar-refractivity contribution >= 4 is 23.4 Å². The molecule has 1 aromatic carbocycles. The van der Waals surface area contributed by atoms with E-state index in [2.05, 4.69) is 5.32 Å². The Balaban J connectivity index is 2.57. The first-order chi connectivity index (χ1) is 7.49. The number of carbonyl (C=O) groups excluding carboxylic acids is 1. The number of rotatable bonds is 4. The highest BCUT2D eigenvalue weighted by molar-refractivity contribution is 8.00. The lowest BCUT2D eigenvalue weighted by Gasteiger charge is -2.14. The van der Waals surface area contributed by atoms with E-state index in [1.807, 2.05) is 45.0 Å². The molecule has 88 valence electrons. The summed E-state index contributed by atoms with van der Waals surface area (Å²) in [5, 5.41) is 2.78. The van der Waals surface area contributed by atoms with E-state index in [4.69, 9.17) is 5.73 Å². The zero-order chi connectivity index (χ0) is 12.1. The van der Waals surface area contributed by atoms with Crippen LogP contribution in [0, 0.1) is 0 Å². The van der Waals surface area contributed by atoms with Crippen molar-refractivity contribution in [1.29, 1.82) is 0 Å². The summed E-state index contributed by atoms with van der Waals surface area (Å²) in [6, 6.07) is 7.74. The largest absolute Gasteiger partial charge is 0.399 e. The fraction of sp³-hybridized carbons (Fsp3) is 0.417. The molecule has 1 atom stereocenters. The molecule has 1 rings (SSSR count). The second-order valence-corrected chi connectivity index (χ2v) is 5.41. The molecule has 0 aliphatic rings. The van der Waals surface area contributed by atoms with Crippen molar-refractivity contribution in [2.24, 2.45) is 0 Å². The number of nitrogens with one attached hydrogen (secondary N) is 1. The molecule has 0 saturated heterocycles. The normalized spacial score (nSPS) is 12.5. The Bertz CT molecular complexity index is 366. The minimum absolute atomic E-state index is 0.0578. The second kappa shape index (κ2) is 5.80. The summed E-state index contributed by atoms with van der Waals surface area (Å²) in [5.74, 6) is 0.0578. The van der Waals surface area contributed by atoms with E-state index >= 15 is 0 Å². The lowest BCUT2D eigenvalue weighted by Crippen LogP contribution is -2.35. The van der Waals surface area contributed by atoms with Crippen LogP contribution in [0.2, 0.25) is 0 Å². The molecule has 0 fully saturated rings. The zero-order valence-electron chi connectivity index (χ0n) is 9.86. The molecule has 1 amide bonds. The standard InChI is InChI=1S/C12H18N2OS/c1-8(2)14-12(15)9(3)16-11-6-4-5-10(13)7-11/h4-9H,13H2,1-3H3,(H,14,15). The van der Waals surface area contributed by atoms with Gasteiger partial charge in [0.1, 0.15) is 0 Å². The number of hydrogen-bond acceptors (Lipinski definition) is 3. The number of hydrogen-bond donors (Lipinski definition) is 2. The molecule has 16 heavy (non-hydrogen) atoms. The Labute approximate surface area is 101 Å². The highest BCUT2D eigenvalue weighted by Crippen LogP contribution is 2.24. The molecule has 0 spiro atoms. The third-order valence-corrected chi connectivity index (χ3v) is 3.06. The average molecular weight is 238 g/mol. The van der Waals surface area contributed by atoms with E-state index in [1.54, 1.807) is 0 Å². The third-order valence-electron chi connectivity index (χ3n) is 1.97. The maximum atomic E-state index is 11.7. The third kappa shape index (κ3) is 4.14. The van der Waals surface area contributed by atoms with Crippen LogP contribution in [0.1, 0.15) is 20.8 Å².